The second kappa shape index (κ2) is 6.43. The Balaban J connectivity index is 0.00000225. The van der Waals surface area contributed by atoms with E-state index in [2.05, 4.69) is 5.32 Å². The van der Waals surface area contributed by atoms with Crippen molar-refractivity contribution in [2.45, 2.75) is 4.90 Å². The Morgan fingerprint density at radius 2 is 2.00 bits per heavy atom. The van der Waals surface area contributed by atoms with Crippen LogP contribution in [0.2, 0.25) is 0 Å². The molecule has 0 aliphatic heterocycles. The van der Waals surface area contributed by atoms with Crippen LogP contribution in [0.15, 0.2) is 23.1 Å². The van der Waals surface area contributed by atoms with Gasteiger partial charge in [0.25, 0.3) is 0 Å². The fourth-order valence-electron chi connectivity index (χ4n) is 1.10. The maximum Gasteiger partial charge on any atom is 1.00 e. The van der Waals surface area contributed by atoms with Gasteiger partial charge in [0.05, 0.1) is 10.6 Å². The summed E-state index contributed by atoms with van der Waals surface area (Å²) in [6.45, 7) is 0.717. The molecule has 0 aliphatic carbocycles. The first-order valence-corrected chi connectivity index (χ1v) is 5.65. The molecule has 16 heavy (non-hydrogen) atoms. The molecule has 0 radical (unpaired) electrons. The maximum atomic E-state index is 10.9. The third kappa shape index (κ3) is 4.28. The Kier molecular flexibility index (Phi) is 6.31. The standard InChI is InChI=1S/C8H13N3O3S.Na/c9-3-4-11-7-2-1-6(10)5-8(7)15(12,13)14;/h1-2,5,11H,3-4,9-10H2,(H,12,13,14);/q;+1/p-1. The van der Waals surface area contributed by atoms with E-state index in [-0.39, 0.29) is 45.8 Å². The van der Waals surface area contributed by atoms with Crippen LogP contribution < -0.4 is 46.3 Å². The zero-order chi connectivity index (χ0) is 11.5. The van der Waals surface area contributed by atoms with Gasteiger partial charge in [-0.25, -0.2) is 8.42 Å². The van der Waals surface area contributed by atoms with Crippen LogP contribution in [0.1, 0.15) is 0 Å². The van der Waals surface area contributed by atoms with Crippen molar-refractivity contribution in [2.24, 2.45) is 5.73 Å². The first kappa shape index (κ1) is 15.7. The largest absolute Gasteiger partial charge is 1.00 e. The van der Waals surface area contributed by atoms with Crippen LogP contribution in [0.5, 0.6) is 0 Å². The number of anilines is 2. The molecule has 0 atom stereocenters. The average Bonchev–Trinajstić information content (AvgIpc) is 2.14. The van der Waals surface area contributed by atoms with Gasteiger partial charge >= 0.3 is 29.6 Å². The van der Waals surface area contributed by atoms with Crippen LogP contribution in [0, 0.1) is 0 Å². The normalized spacial score (nSPS) is 10.6. The van der Waals surface area contributed by atoms with Crippen LogP contribution in [0.25, 0.3) is 0 Å². The molecule has 0 saturated heterocycles. The van der Waals surface area contributed by atoms with E-state index in [1.54, 1.807) is 0 Å². The Bertz CT molecular complexity index is 450. The fraction of sp³-hybridized carbons (Fsp3) is 0.250. The number of benzene rings is 1. The Hall–Kier alpha value is -0.310. The van der Waals surface area contributed by atoms with Crippen LogP contribution in [-0.2, 0) is 10.1 Å². The van der Waals surface area contributed by atoms with Crippen LogP contribution in [0.4, 0.5) is 11.4 Å². The van der Waals surface area contributed by atoms with Crippen molar-refractivity contribution in [2.75, 3.05) is 24.1 Å². The van der Waals surface area contributed by atoms with E-state index in [1.165, 1.54) is 12.1 Å². The third-order valence-electron chi connectivity index (χ3n) is 1.73. The summed E-state index contributed by atoms with van der Waals surface area (Å²) < 4.78 is 32.7. The number of nitrogens with one attached hydrogen (secondary N) is 1. The number of hydrogen-bond acceptors (Lipinski definition) is 6. The molecule has 0 aliphatic rings. The number of nitrogens with two attached hydrogens (primary N) is 2. The van der Waals surface area contributed by atoms with Crippen molar-refractivity contribution in [3.63, 3.8) is 0 Å². The first-order chi connectivity index (χ1) is 6.95. The molecule has 0 aromatic heterocycles. The molecule has 0 saturated carbocycles. The van der Waals surface area contributed by atoms with Crippen molar-refractivity contribution in [1.29, 1.82) is 0 Å². The second-order valence-electron chi connectivity index (χ2n) is 2.93. The van der Waals surface area contributed by atoms with Gasteiger partial charge in [-0.1, -0.05) is 0 Å². The van der Waals surface area contributed by atoms with E-state index in [0.29, 0.717) is 13.1 Å². The summed E-state index contributed by atoms with van der Waals surface area (Å²) in [7, 11) is -4.52. The minimum absolute atomic E-state index is 0. The maximum absolute atomic E-state index is 10.9. The quantitative estimate of drug-likeness (QED) is 0.291. The predicted octanol–water partition coefficient (Wildman–Crippen LogP) is -3.45. The molecular formula is C8H12N3NaO3S. The van der Waals surface area contributed by atoms with E-state index < -0.39 is 10.1 Å². The topological polar surface area (TPSA) is 121 Å². The SMILES string of the molecule is NCCNc1ccc(N)cc1S(=O)(=O)[O-].[Na+]. The molecule has 0 heterocycles. The molecule has 1 aromatic carbocycles. The van der Waals surface area contributed by atoms with E-state index in [9.17, 15) is 13.0 Å². The van der Waals surface area contributed by atoms with Gasteiger partial charge in [-0.15, -0.1) is 0 Å². The molecule has 1 rings (SSSR count). The Labute approximate surface area is 116 Å². The monoisotopic (exact) mass is 253 g/mol. The zero-order valence-electron chi connectivity index (χ0n) is 8.93. The summed E-state index contributed by atoms with van der Waals surface area (Å²) in [5.41, 5.74) is 11.1. The van der Waals surface area contributed by atoms with E-state index in [4.69, 9.17) is 11.5 Å². The van der Waals surface area contributed by atoms with Crippen LogP contribution in [0.3, 0.4) is 0 Å². The van der Waals surface area contributed by atoms with Gasteiger partial charge in [0.2, 0.25) is 0 Å². The molecule has 0 bridgehead atoms. The van der Waals surface area contributed by atoms with Gasteiger partial charge in [0.15, 0.2) is 0 Å². The smallest absolute Gasteiger partial charge is 0.744 e. The van der Waals surface area contributed by atoms with Crippen molar-refractivity contribution in [1.82, 2.24) is 0 Å². The summed E-state index contributed by atoms with van der Waals surface area (Å²) in [5, 5.41) is 2.74. The van der Waals surface area contributed by atoms with Gasteiger partial charge < -0.3 is 21.3 Å². The molecule has 1 aromatic rings. The molecule has 0 fully saturated rings. The fourth-order valence-corrected chi connectivity index (χ4v) is 1.79. The van der Waals surface area contributed by atoms with Crippen molar-refractivity contribution in [3.05, 3.63) is 18.2 Å². The van der Waals surface area contributed by atoms with Crippen molar-refractivity contribution in [3.8, 4) is 0 Å². The molecule has 8 heteroatoms. The number of hydrogen-bond donors (Lipinski definition) is 3. The first-order valence-electron chi connectivity index (χ1n) is 4.24. The van der Waals surface area contributed by atoms with Gasteiger partial charge in [-0.3, -0.25) is 0 Å². The van der Waals surface area contributed by atoms with Crippen molar-refractivity contribution >= 4 is 21.5 Å². The predicted molar refractivity (Wildman–Crippen MR) is 56.4 cm³/mol. The molecule has 0 unspecified atom stereocenters. The average molecular weight is 253 g/mol. The molecule has 0 amide bonds. The Morgan fingerprint density at radius 3 is 2.50 bits per heavy atom. The van der Waals surface area contributed by atoms with E-state index >= 15 is 0 Å². The summed E-state index contributed by atoms with van der Waals surface area (Å²) in [4.78, 5) is -0.351. The van der Waals surface area contributed by atoms with Gasteiger partial charge in [-0.05, 0) is 18.2 Å². The molecule has 5 N–H and O–H groups in total. The van der Waals surface area contributed by atoms with Gasteiger partial charge in [0.1, 0.15) is 10.1 Å². The van der Waals surface area contributed by atoms with E-state index in [0.717, 1.165) is 6.07 Å². The third-order valence-corrected chi connectivity index (χ3v) is 2.61. The zero-order valence-corrected chi connectivity index (χ0v) is 11.8. The number of rotatable bonds is 4. The van der Waals surface area contributed by atoms with Crippen molar-refractivity contribution < 1.29 is 42.5 Å². The summed E-state index contributed by atoms with van der Waals surface area (Å²) in [6.07, 6.45) is 0. The van der Waals surface area contributed by atoms with Gasteiger partial charge in [-0.2, -0.15) is 0 Å². The van der Waals surface area contributed by atoms with Crippen LogP contribution >= 0.6 is 0 Å². The second-order valence-corrected chi connectivity index (χ2v) is 4.27. The summed E-state index contributed by atoms with van der Waals surface area (Å²) >= 11 is 0. The molecular weight excluding hydrogens is 241 g/mol. The van der Waals surface area contributed by atoms with Gasteiger partial charge in [0, 0.05) is 18.8 Å². The minimum Gasteiger partial charge on any atom is -0.744 e. The molecule has 0 spiro atoms. The summed E-state index contributed by atoms with van der Waals surface area (Å²) in [6, 6.07) is 4.07. The van der Waals surface area contributed by atoms with E-state index in [1.807, 2.05) is 0 Å². The van der Waals surface area contributed by atoms with Crippen LogP contribution in [-0.4, -0.2) is 26.1 Å². The molecule has 84 valence electrons. The minimum atomic E-state index is -4.52. The molecule has 6 nitrogen and oxygen atoms in total. The Morgan fingerprint density at radius 1 is 1.38 bits per heavy atom. The number of nitrogen functional groups attached to an aromatic ring is 1. The summed E-state index contributed by atoms with van der Waals surface area (Å²) in [5.74, 6) is 0.